The topological polar surface area (TPSA) is 12.9 Å². The maximum absolute atomic E-state index is 6.13. The van der Waals surface area contributed by atoms with Crippen LogP contribution in [0.5, 0.6) is 0 Å². The van der Waals surface area contributed by atoms with Crippen LogP contribution in [0.1, 0.15) is 5.56 Å². The summed E-state index contributed by atoms with van der Waals surface area (Å²) >= 11 is 24.1. The quantitative estimate of drug-likeness (QED) is 0.608. The summed E-state index contributed by atoms with van der Waals surface area (Å²) in [5.74, 6) is 0. The predicted octanol–water partition coefficient (Wildman–Crippen LogP) is 5.16. The minimum Gasteiger partial charge on any atom is -0.254 e. The van der Waals surface area contributed by atoms with Gasteiger partial charge in [-0.25, -0.2) is 0 Å². The number of benzene rings is 1. The first kappa shape index (κ1) is 11.3. The molecule has 0 fully saturated rings. The van der Waals surface area contributed by atoms with Gasteiger partial charge >= 0.3 is 0 Å². The standard InChI is InChI=1S/C10H5Cl4N/c1-4-3-15-10-7(8(4)13)5(11)2-6(12)9(10)14/h2-3H,1H3. The normalized spacial score (nSPS) is 11.0. The lowest BCUT2D eigenvalue weighted by Gasteiger charge is -2.07. The van der Waals surface area contributed by atoms with Crippen LogP contribution in [0, 0.1) is 6.92 Å². The Balaban J connectivity index is 3.03. The largest absolute Gasteiger partial charge is 0.254 e. The number of halogens is 4. The van der Waals surface area contributed by atoms with Crippen molar-refractivity contribution in [1.82, 2.24) is 4.98 Å². The molecule has 0 aliphatic heterocycles. The van der Waals surface area contributed by atoms with Crippen molar-refractivity contribution in [1.29, 1.82) is 0 Å². The zero-order valence-electron chi connectivity index (χ0n) is 7.61. The van der Waals surface area contributed by atoms with Gasteiger partial charge in [-0.15, -0.1) is 0 Å². The molecule has 0 amide bonds. The molecule has 15 heavy (non-hydrogen) atoms. The van der Waals surface area contributed by atoms with E-state index in [0.29, 0.717) is 31.0 Å². The highest BCUT2D eigenvalue weighted by molar-refractivity contribution is 6.49. The second kappa shape index (κ2) is 3.99. The summed E-state index contributed by atoms with van der Waals surface area (Å²) in [7, 11) is 0. The SMILES string of the molecule is Cc1cnc2c(Cl)c(Cl)cc(Cl)c2c1Cl. The van der Waals surface area contributed by atoms with E-state index < -0.39 is 0 Å². The molecule has 0 radical (unpaired) electrons. The zero-order valence-corrected chi connectivity index (χ0v) is 10.6. The Bertz CT molecular complexity index is 551. The molecule has 5 heteroatoms. The molecule has 1 aromatic carbocycles. The van der Waals surface area contributed by atoms with Crippen LogP contribution in [0.2, 0.25) is 20.1 Å². The van der Waals surface area contributed by atoms with Crippen molar-refractivity contribution in [2.75, 3.05) is 0 Å². The van der Waals surface area contributed by atoms with E-state index in [0.717, 1.165) is 5.56 Å². The Morgan fingerprint density at radius 3 is 2.33 bits per heavy atom. The molecular formula is C10H5Cl4N. The fourth-order valence-electron chi connectivity index (χ4n) is 1.33. The Kier molecular flexibility index (Phi) is 3.00. The van der Waals surface area contributed by atoms with Gasteiger partial charge < -0.3 is 0 Å². The highest BCUT2D eigenvalue weighted by Crippen LogP contribution is 2.38. The van der Waals surface area contributed by atoms with Crippen molar-refractivity contribution in [2.24, 2.45) is 0 Å². The number of hydrogen-bond acceptors (Lipinski definition) is 1. The Morgan fingerprint density at radius 2 is 1.67 bits per heavy atom. The lowest BCUT2D eigenvalue weighted by Crippen LogP contribution is -1.87. The molecule has 2 aromatic rings. The number of aryl methyl sites for hydroxylation is 1. The van der Waals surface area contributed by atoms with Gasteiger partial charge in [0.1, 0.15) is 0 Å². The smallest absolute Gasteiger partial charge is 0.0933 e. The van der Waals surface area contributed by atoms with Gasteiger partial charge in [-0.3, -0.25) is 4.98 Å². The second-order valence-corrected chi connectivity index (χ2v) is 4.70. The van der Waals surface area contributed by atoms with Crippen LogP contribution in [0.15, 0.2) is 12.3 Å². The highest BCUT2D eigenvalue weighted by atomic mass is 35.5. The number of rotatable bonds is 0. The predicted molar refractivity (Wildman–Crippen MR) is 66.5 cm³/mol. The third-order valence-corrected chi connectivity index (χ3v) is 3.66. The molecule has 1 aromatic heterocycles. The van der Waals surface area contributed by atoms with E-state index in [1.165, 1.54) is 0 Å². The van der Waals surface area contributed by atoms with Crippen LogP contribution in [-0.2, 0) is 0 Å². The molecule has 0 saturated carbocycles. The van der Waals surface area contributed by atoms with Gasteiger partial charge in [-0.1, -0.05) is 46.4 Å². The Morgan fingerprint density at radius 1 is 1.00 bits per heavy atom. The number of nitrogens with zero attached hydrogens (tertiary/aromatic N) is 1. The van der Waals surface area contributed by atoms with Gasteiger partial charge in [0, 0.05) is 11.6 Å². The number of aromatic nitrogens is 1. The lowest BCUT2D eigenvalue weighted by molar-refractivity contribution is 1.33. The lowest BCUT2D eigenvalue weighted by atomic mass is 10.2. The number of hydrogen-bond donors (Lipinski definition) is 0. The maximum Gasteiger partial charge on any atom is 0.0933 e. The fraction of sp³-hybridized carbons (Fsp3) is 0.100. The second-order valence-electron chi connectivity index (χ2n) is 3.13. The summed E-state index contributed by atoms with van der Waals surface area (Å²) < 4.78 is 0. The summed E-state index contributed by atoms with van der Waals surface area (Å²) in [5.41, 5.74) is 1.38. The average molecular weight is 281 g/mol. The van der Waals surface area contributed by atoms with Gasteiger partial charge in [0.25, 0.3) is 0 Å². The van der Waals surface area contributed by atoms with E-state index in [9.17, 15) is 0 Å². The molecule has 78 valence electrons. The van der Waals surface area contributed by atoms with E-state index in [1.54, 1.807) is 12.3 Å². The maximum atomic E-state index is 6.13. The monoisotopic (exact) mass is 279 g/mol. The third kappa shape index (κ3) is 1.78. The Hall–Kier alpha value is -0.210. The summed E-state index contributed by atoms with van der Waals surface area (Å²) in [6.45, 7) is 1.85. The molecule has 0 aliphatic rings. The van der Waals surface area contributed by atoms with E-state index in [2.05, 4.69) is 4.98 Å². The van der Waals surface area contributed by atoms with Gasteiger partial charge in [0.15, 0.2) is 0 Å². The van der Waals surface area contributed by atoms with E-state index in [-0.39, 0.29) is 0 Å². The van der Waals surface area contributed by atoms with E-state index in [1.807, 2.05) is 6.92 Å². The van der Waals surface area contributed by atoms with Crippen molar-refractivity contribution in [3.05, 3.63) is 37.9 Å². The third-order valence-electron chi connectivity index (χ3n) is 2.10. The van der Waals surface area contributed by atoms with Crippen LogP contribution in [0.3, 0.4) is 0 Å². The van der Waals surface area contributed by atoms with Crippen LogP contribution in [0.4, 0.5) is 0 Å². The highest BCUT2D eigenvalue weighted by Gasteiger charge is 2.13. The van der Waals surface area contributed by atoms with Crippen molar-refractivity contribution >= 4 is 57.3 Å². The summed E-state index contributed by atoms with van der Waals surface area (Å²) in [5, 5.41) is 2.41. The summed E-state index contributed by atoms with van der Waals surface area (Å²) in [4.78, 5) is 4.18. The number of pyridine rings is 1. The van der Waals surface area contributed by atoms with Crippen LogP contribution < -0.4 is 0 Å². The molecule has 0 saturated heterocycles. The van der Waals surface area contributed by atoms with Gasteiger partial charge in [0.2, 0.25) is 0 Å². The molecule has 0 unspecified atom stereocenters. The summed E-state index contributed by atoms with van der Waals surface area (Å²) in [6.07, 6.45) is 1.64. The molecular weight excluding hydrogens is 276 g/mol. The fourth-order valence-corrected chi connectivity index (χ4v) is 2.36. The molecule has 0 N–H and O–H groups in total. The first-order valence-electron chi connectivity index (χ1n) is 4.10. The van der Waals surface area contributed by atoms with Crippen LogP contribution >= 0.6 is 46.4 Å². The molecule has 0 bridgehead atoms. The first-order valence-corrected chi connectivity index (χ1v) is 5.62. The first-order chi connectivity index (χ1) is 7.02. The van der Waals surface area contributed by atoms with Crippen molar-refractivity contribution in [2.45, 2.75) is 6.92 Å². The van der Waals surface area contributed by atoms with Crippen LogP contribution in [-0.4, -0.2) is 4.98 Å². The van der Waals surface area contributed by atoms with Gasteiger partial charge in [-0.05, 0) is 18.6 Å². The number of fused-ring (bicyclic) bond motifs is 1. The Labute approximate surface area is 107 Å². The molecule has 1 heterocycles. The minimum absolute atomic E-state index is 0.373. The van der Waals surface area contributed by atoms with Crippen molar-refractivity contribution < 1.29 is 0 Å². The molecule has 1 nitrogen and oxygen atoms in total. The van der Waals surface area contributed by atoms with Gasteiger partial charge in [0.05, 0.1) is 25.6 Å². The average Bonchev–Trinajstić information content (AvgIpc) is 2.18. The molecule has 0 atom stereocenters. The molecule has 0 aliphatic carbocycles. The zero-order chi connectivity index (χ0) is 11.2. The molecule has 0 spiro atoms. The van der Waals surface area contributed by atoms with E-state index >= 15 is 0 Å². The minimum atomic E-state index is 0.373. The van der Waals surface area contributed by atoms with Crippen molar-refractivity contribution in [3.63, 3.8) is 0 Å². The summed E-state index contributed by atoms with van der Waals surface area (Å²) in [6, 6.07) is 1.57. The van der Waals surface area contributed by atoms with Crippen LogP contribution in [0.25, 0.3) is 10.9 Å². The van der Waals surface area contributed by atoms with Crippen molar-refractivity contribution in [3.8, 4) is 0 Å². The van der Waals surface area contributed by atoms with Gasteiger partial charge in [-0.2, -0.15) is 0 Å². The molecule has 2 rings (SSSR count). The van der Waals surface area contributed by atoms with E-state index in [4.69, 9.17) is 46.4 Å².